The Hall–Kier alpha value is -1.73. The molecule has 1 aromatic carbocycles. The Kier molecular flexibility index (Phi) is 6.20. The minimum absolute atomic E-state index is 0.143. The summed E-state index contributed by atoms with van der Waals surface area (Å²) in [5, 5.41) is 0. The lowest BCUT2D eigenvalue weighted by atomic mass is 10.0. The van der Waals surface area contributed by atoms with Crippen molar-refractivity contribution >= 4 is 23.7 Å². The fourth-order valence-electron chi connectivity index (χ4n) is 3.51. The number of urea groups is 1. The molecule has 136 valence electrons. The fourth-order valence-corrected chi connectivity index (χ4v) is 4.44. The second-order valence-corrected chi connectivity index (χ2v) is 7.69. The van der Waals surface area contributed by atoms with E-state index in [0.29, 0.717) is 26.2 Å². The second kappa shape index (κ2) is 8.58. The van der Waals surface area contributed by atoms with Crippen molar-refractivity contribution in [1.29, 1.82) is 0 Å². The Morgan fingerprint density at radius 2 is 1.56 bits per heavy atom. The van der Waals surface area contributed by atoms with Gasteiger partial charge in [-0.3, -0.25) is 9.69 Å². The third-order valence-electron chi connectivity index (χ3n) is 4.88. The summed E-state index contributed by atoms with van der Waals surface area (Å²) >= 11 is 1.94. The van der Waals surface area contributed by atoms with Gasteiger partial charge in [0.1, 0.15) is 6.04 Å². The number of carbonyl (C=O) groups is 2. The molecule has 1 atom stereocenters. The summed E-state index contributed by atoms with van der Waals surface area (Å²) in [4.78, 5) is 30.6. The van der Waals surface area contributed by atoms with Gasteiger partial charge in [0.25, 0.3) is 0 Å². The molecule has 0 radical (unpaired) electrons. The first kappa shape index (κ1) is 18.1. The SMILES string of the molecule is NC(=O)N1CCCN(C(=O)C(c2ccccc2)N2CCSCC2)CC1. The van der Waals surface area contributed by atoms with E-state index in [2.05, 4.69) is 4.90 Å². The monoisotopic (exact) mass is 362 g/mol. The van der Waals surface area contributed by atoms with Crippen LogP contribution in [0.4, 0.5) is 4.79 Å². The highest BCUT2D eigenvalue weighted by atomic mass is 32.2. The van der Waals surface area contributed by atoms with Crippen LogP contribution < -0.4 is 5.73 Å². The lowest BCUT2D eigenvalue weighted by molar-refractivity contribution is -0.137. The number of nitrogens with two attached hydrogens (primary N) is 1. The third-order valence-corrected chi connectivity index (χ3v) is 5.82. The maximum Gasteiger partial charge on any atom is 0.314 e. The molecule has 6 nitrogen and oxygen atoms in total. The average molecular weight is 362 g/mol. The maximum absolute atomic E-state index is 13.4. The Morgan fingerprint density at radius 3 is 2.24 bits per heavy atom. The van der Waals surface area contributed by atoms with Crippen LogP contribution in [0.3, 0.4) is 0 Å². The number of benzene rings is 1. The predicted molar refractivity (Wildman–Crippen MR) is 100 cm³/mol. The molecule has 2 aliphatic heterocycles. The topological polar surface area (TPSA) is 69.9 Å². The highest BCUT2D eigenvalue weighted by Crippen LogP contribution is 2.26. The highest BCUT2D eigenvalue weighted by Gasteiger charge is 2.33. The number of carbonyl (C=O) groups excluding carboxylic acids is 2. The van der Waals surface area contributed by atoms with Crippen LogP contribution in [0.1, 0.15) is 18.0 Å². The molecule has 2 N–H and O–H groups in total. The molecule has 2 aliphatic rings. The first-order chi connectivity index (χ1) is 12.2. The summed E-state index contributed by atoms with van der Waals surface area (Å²) < 4.78 is 0. The second-order valence-electron chi connectivity index (χ2n) is 6.47. The van der Waals surface area contributed by atoms with Gasteiger partial charge >= 0.3 is 6.03 Å². The Morgan fingerprint density at radius 1 is 0.920 bits per heavy atom. The van der Waals surface area contributed by atoms with E-state index in [1.54, 1.807) is 4.90 Å². The van der Waals surface area contributed by atoms with Crippen LogP contribution in [0.5, 0.6) is 0 Å². The molecule has 0 bridgehead atoms. The molecule has 1 aromatic rings. The van der Waals surface area contributed by atoms with E-state index in [1.165, 1.54) is 0 Å². The number of hydrogen-bond donors (Lipinski definition) is 1. The molecule has 0 spiro atoms. The average Bonchev–Trinajstić information content (AvgIpc) is 2.90. The molecular formula is C18H26N4O2S. The first-order valence-corrected chi connectivity index (χ1v) is 10.0. The summed E-state index contributed by atoms with van der Waals surface area (Å²) in [5.41, 5.74) is 6.45. The van der Waals surface area contributed by atoms with Gasteiger partial charge in [-0.15, -0.1) is 0 Å². The number of thioether (sulfide) groups is 1. The van der Waals surface area contributed by atoms with Crippen LogP contribution in [0.2, 0.25) is 0 Å². The Bertz CT molecular complexity index is 592. The normalized spacial score (nSPS) is 20.8. The molecule has 1 unspecified atom stereocenters. The Balaban J connectivity index is 1.78. The molecule has 3 amide bonds. The summed E-state index contributed by atoms with van der Waals surface area (Å²) in [6, 6.07) is 9.41. The van der Waals surface area contributed by atoms with Crippen LogP contribution in [0.25, 0.3) is 0 Å². The molecule has 2 fully saturated rings. The summed E-state index contributed by atoms with van der Waals surface area (Å²) in [7, 11) is 0. The van der Waals surface area contributed by atoms with Gasteiger partial charge in [0.05, 0.1) is 0 Å². The van der Waals surface area contributed by atoms with Crippen molar-refractivity contribution in [3.05, 3.63) is 35.9 Å². The van der Waals surface area contributed by atoms with Gasteiger partial charge in [0.15, 0.2) is 0 Å². The smallest absolute Gasteiger partial charge is 0.314 e. The fraction of sp³-hybridized carbons (Fsp3) is 0.556. The highest BCUT2D eigenvalue weighted by molar-refractivity contribution is 7.99. The lowest BCUT2D eigenvalue weighted by Crippen LogP contribution is -2.47. The Labute approximate surface area is 153 Å². The summed E-state index contributed by atoms with van der Waals surface area (Å²) in [5.74, 6) is 2.27. The molecule has 0 saturated carbocycles. The molecular weight excluding hydrogens is 336 g/mol. The van der Waals surface area contributed by atoms with Crippen molar-refractivity contribution in [2.75, 3.05) is 50.8 Å². The first-order valence-electron chi connectivity index (χ1n) is 8.87. The number of nitrogens with zero attached hydrogens (tertiary/aromatic N) is 3. The van der Waals surface area contributed by atoms with Crippen LogP contribution in [-0.2, 0) is 4.79 Å². The number of hydrogen-bond acceptors (Lipinski definition) is 4. The summed E-state index contributed by atoms with van der Waals surface area (Å²) in [6.07, 6.45) is 0.770. The summed E-state index contributed by atoms with van der Waals surface area (Å²) in [6.45, 7) is 4.21. The molecule has 2 saturated heterocycles. The molecule has 3 rings (SSSR count). The van der Waals surface area contributed by atoms with E-state index < -0.39 is 6.03 Å². The van der Waals surface area contributed by atoms with E-state index in [0.717, 1.165) is 36.6 Å². The van der Waals surface area contributed by atoms with Gasteiger partial charge in [-0.05, 0) is 12.0 Å². The van der Waals surface area contributed by atoms with Gasteiger partial charge in [0, 0.05) is 50.8 Å². The molecule has 2 heterocycles. The van der Waals surface area contributed by atoms with Crippen molar-refractivity contribution in [3.8, 4) is 0 Å². The molecule has 25 heavy (non-hydrogen) atoms. The quantitative estimate of drug-likeness (QED) is 0.882. The van der Waals surface area contributed by atoms with E-state index in [1.807, 2.05) is 47.0 Å². The van der Waals surface area contributed by atoms with Gasteiger partial charge in [-0.2, -0.15) is 11.8 Å². The van der Waals surface area contributed by atoms with E-state index in [4.69, 9.17) is 5.73 Å². The number of primary amides is 1. The van der Waals surface area contributed by atoms with Crippen molar-refractivity contribution in [1.82, 2.24) is 14.7 Å². The zero-order valence-electron chi connectivity index (χ0n) is 14.5. The van der Waals surface area contributed by atoms with Gasteiger partial charge in [0.2, 0.25) is 5.91 Å². The lowest BCUT2D eigenvalue weighted by Gasteiger charge is -2.36. The van der Waals surface area contributed by atoms with Crippen LogP contribution in [0, 0.1) is 0 Å². The number of rotatable bonds is 3. The minimum Gasteiger partial charge on any atom is -0.351 e. The van der Waals surface area contributed by atoms with Crippen molar-refractivity contribution in [3.63, 3.8) is 0 Å². The van der Waals surface area contributed by atoms with Gasteiger partial charge in [-0.25, -0.2) is 4.79 Å². The van der Waals surface area contributed by atoms with Crippen LogP contribution in [0.15, 0.2) is 30.3 Å². The predicted octanol–water partition coefficient (Wildman–Crippen LogP) is 1.39. The molecule has 7 heteroatoms. The zero-order chi connectivity index (χ0) is 17.6. The molecule has 0 aliphatic carbocycles. The van der Waals surface area contributed by atoms with E-state index in [-0.39, 0.29) is 11.9 Å². The third kappa shape index (κ3) is 4.46. The van der Waals surface area contributed by atoms with Crippen molar-refractivity contribution < 1.29 is 9.59 Å². The maximum atomic E-state index is 13.4. The zero-order valence-corrected chi connectivity index (χ0v) is 15.3. The van der Waals surface area contributed by atoms with Crippen molar-refractivity contribution in [2.45, 2.75) is 12.5 Å². The molecule has 0 aromatic heterocycles. The van der Waals surface area contributed by atoms with Gasteiger partial charge < -0.3 is 15.5 Å². The minimum atomic E-state index is -0.401. The standard InChI is InChI=1S/C18H26N4O2S/c19-18(24)22-8-4-7-21(9-10-22)17(23)16(15-5-2-1-3-6-15)20-11-13-25-14-12-20/h1-3,5-6,16H,4,7-14H2,(H2,19,24). The van der Waals surface area contributed by atoms with Crippen LogP contribution >= 0.6 is 11.8 Å². The van der Waals surface area contributed by atoms with E-state index >= 15 is 0 Å². The largest absolute Gasteiger partial charge is 0.351 e. The van der Waals surface area contributed by atoms with Crippen molar-refractivity contribution in [2.24, 2.45) is 5.73 Å². The van der Waals surface area contributed by atoms with Crippen LogP contribution in [-0.4, -0.2) is 77.4 Å². The van der Waals surface area contributed by atoms with Gasteiger partial charge in [-0.1, -0.05) is 30.3 Å². The number of amides is 3. The van der Waals surface area contributed by atoms with E-state index in [9.17, 15) is 9.59 Å².